The zero-order valence-electron chi connectivity index (χ0n) is 24.2. The van der Waals surface area contributed by atoms with E-state index in [2.05, 4.69) is 15.6 Å². The van der Waals surface area contributed by atoms with Crippen molar-refractivity contribution in [1.82, 2.24) is 25.6 Å². The van der Waals surface area contributed by atoms with Crippen molar-refractivity contribution < 1.29 is 33.4 Å². The first-order valence-electron chi connectivity index (χ1n) is 14.9. The molecule has 3 fully saturated rings. The highest BCUT2D eigenvalue weighted by Gasteiger charge is 2.42. The quantitative estimate of drug-likeness (QED) is 0.391. The number of aromatic nitrogens is 1. The van der Waals surface area contributed by atoms with Gasteiger partial charge < -0.3 is 24.8 Å². The van der Waals surface area contributed by atoms with Gasteiger partial charge in [0, 0.05) is 24.5 Å². The second kappa shape index (κ2) is 13.5. The predicted molar refractivity (Wildman–Crippen MR) is 157 cm³/mol. The van der Waals surface area contributed by atoms with Gasteiger partial charge in [0.05, 0.1) is 25.7 Å². The van der Waals surface area contributed by atoms with Crippen LogP contribution in [0, 0.1) is 0 Å². The summed E-state index contributed by atoms with van der Waals surface area (Å²) in [7, 11) is 0. The maximum atomic E-state index is 13.6. The Bertz CT molecular complexity index is 1510. The van der Waals surface area contributed by atoms with Crippen LogP contribution in [0.5, 0.6) is 0 Å². The number of amides is 3. The molecule has 12 nitrogen and oxygen atoms in total. The highest BCUT2D eigenvalue weighted by Crippen LogP contribution is 2.24. The second-order valence-electron chi connectivity index (χ2n) is 11.2. The van der Waals surface area contributed by atoms with E-state index in [1.54, 1.807) is 16.2 Å². The molecule has 2 N–H and O–H groups in total. The van der Waals surface area contributed by atoms with Crippen molar-refractivity contribution in [2.75, 3.05) is 19.9 Å². The van der Waals surface area contributed by atoms with E-state index in [0.717, 1.165) is 16.3 Å². The topological polar surface area (TPSA) is 139 Å². The molecule has 44 heavy (non-hydrogen) atoms. The predicted octanol–water partition coefficient (Wildman–Crippen LogP) is 2.28. The van der Waals surface area contributed by atoms with Crippen LogP contribution < -0.4 is 10.6 Å². The van der Waals surface area contributed by atoms with E-state index in [-0.39, 0.29) is 50.5 Å². The maximum Gasteiger partial charge on any atom is 0.310 e. The molecule has 3 aliphatic rings. The fraction of sp³-hybridized carbons (Fsp3) is 0.406. The van der Waals surface area contributed by atoms with Gasteiger partial charge in [0.25, 0.3) is 5.91 Å². The number of carbonyl (C=O) groups is 4. The molecule has 0 spiro atoms. The Hall–Kier alpha value is -4.39. The summed E-state index contributed by atoms with van der Waals surface area (Å²) in [4.78, 5) is 56.5. The normalized spacial score (nSPS) is 24.5. The molecule has 0 radical (unpaired) electrons. The van der Waals surface area contributed by atoms with Crippen molar-refractivity contribution in [3.63, 3.8) is 0 Å². The Labute approximate surface area is 254 Å². The monoisotopic (exact) mass is 601 g/mol. The number of ether oxygens (including phenoxy) is 3. The first-order valence-corrected chi connectivity index (χ1v) is 14.9. The lowest BCUT2D eigenvalue weighted by atomic mass is 10.1. The fourth-order valence-corrected chi connectivity index (χ4v) is 5.88. The number of esters is 1. The number of nitrogens with one attached hydrogen (secondary N) is 2. The van der Waals surface area contributed by atoms with Crippen LogP contribution in [-0.4, -0.2) is 83.0 Å². The van der Waals surface area contributed by atoms with Crippen molar-refractivity contribution >= 4 is 34.5 Å². The number of fused-ring (bicyclic) bond motifs is 2. The first-order chi connectivity index (χ1) is 21.5. The van der Waals surface area contributed by atoms with Gasteiger partial charge in [-0.05, 0) is 36.3 Å². The number of pyridine rings is 1. The molecule has 3 saturated heterocycles. The van der Waals surface area contributed by atoms with E-state index < -0.39 is 30.4 Å². The van der Waals surface area contributed by atoms with Gasteiger partial charge in [-0.25, -0.2) is 0 Å². The van der Waals surface area contributed by atoms with Crippen LogP contribution in [0.2, 0.25) is 0 Å². The molecule has 0 unspecified atom stereocenters. The van der Waals surface area contributed by atoms with Crippen LogP contribution in [0.4, 0.5) is 0 Å². The number of hydrazine groups is 1. The minimum absolute atomic E-state index is 0.00992. The smallest absolute Gasteiger partial charge is 0.310 e. The van der Waals surface area contributed by atoms with E-state index in [1.165, 1.54) is 0 Å². The van der Waals surface area contributed by atoms with E-state index in [4.69, 9.17) is 14.2 Å². The number of hydrogen-bond donors (Lipinski definition) is 2. The van der Waals surface area contributed by atoms with Gasteiger partial charge in [-0.3, -0.25) is 29.2 Å². The molecule has 6 rings (SSSR count). The second-order valence-corrected chi connectivity index (χ2v) is 11.2. The summed E-state index contributed by atoms with van der Waals surface area (Å²) in [5, 5.41) is 10.8. The molecule has 3 aliphatic heterocycles. The molecule has 1 aromatic heterocycles. The highest BCUT2D eigenvalue weighted by molar-refractivity contribution is 6.05. The molecule has 4 heterocycles. The summed E-state index contributed by atoms with van der Waals surface area (Å²) in [5.41, 5.74) is 1.23. The molecular weight excluding hydrogens is 566 g/mol. The minimum Gasteiger partial charge on any atom is -0.433 e. The number of cyclic esters (lactones) is 1. The zero-order chi connectivity index (χ0) is 30.5. The molecule has 2 aromatic carbocycles. The first kappa shape index (κ1) is 29.7. The Morgan fingerprint density at radius 1 is 1.00 bits per heavy atom. The van der Waals surface area contributed by atoms with Gasteiger partial charge in [-0.15, -0.1) is 0 Å². The van der Waals surface area contributed by atoms with Gasteiger partial charge in [0.2, 0.25) is 18.1 Å². The van der Waals surface area contributed by atoms with E-state index in [9.17, 15) is 19.2 Å². The van der Waals surface area contributed by atoms with Gasteiger partial charge in [0.15, 0.2) is 0 Å². The summed E-state index contributed by atoms with van der Waals surface area (Å²) in [5.74, 6) is -1.28. The van der Waals surface area contributed by atoms with Gasteiger partial charge in [-0.1, -0.05) is 54.6 Å². The summed E-state index contributed by atoms with van der Waals surface area (Å²) in [6.45, 7) is 0.821. The molecule has 0 bridgehead atoms. The number of nitrogens with zero attached hydrogens (tertiary/aromatic N) is 3. The van der Waals surface area contributed by atoms with Crippen LogP contribution in [0.1, 0.15) is 48.2 Å². The molecule has 0 aliphatic carbocycles. The third-order valence-electron chi connectivity index (χ3n) is 8.13. The van der Waals surface area contributed by atoms with E-state index >= 15 is 0 Å². The number of hydrogen-bond acceptors (Lipinski definition) is 9. The summed E-state index contributed by atoms with van der Waals surface area (Å²) in [6, 6.07) is 17.1. The molecular formula is C32H35N5O7. The third kappa shape index (κ3) is 6.72. The average molecular weight is 602 g/mol. The van der Waals surface area contributed by atoms with Gasteiger partial charge in [-0.2, -0.15) is 5.01 Å². The average Bonchev–Trinajstić information content (AvgIpc) is 3.43. The molecule has 12 heteroatoms. The molecule has 0 saturated carbocycles. The highest BCUT2D eigenvalue weighted by atomic mass is 16.7. The Morgan fingerprint density at radius 2 is 1.82 bits per heavy atom. The van der Waals surface area contributed by atoms with E-state index in [0.29, 0.717) is 31.5 Å². The Kier molecular flexibility index (Phi) is 9.10. The molecule has 4 atom stereocenters. The lowest BCUT2D eigenvalue weighted by Crippen LogP contribution is -2.61. The molecule has 3 amide bonds. The summed E-state index contributed by atoms with van der Waals surface area (Å²) >= 11 is 0. The van der Waals surface area contributed by atoms with Gasteiger partial charge >= 0.3 is 5.97 Å². The van der Waals surface area contributed by atoms with Crippen molar-refractivity contribution in [3.05, 3.63) is 78.1 Å². The SMILES string of the molecule is O=C1C[C@H](NC(=O)[C@@H]2CCCN3C(=O)CC[C@H](NC(=O)c4nccc5ccccc45)COCN23)[C@H](OCc2ccccc2)O1. The number of benzene rings is 2. The minimum atomic E-state index is -0.916. The fourth-order valence-electron chi connectivity index (χ4n) is 5.88. The Morgan fingerprint density at radius 3 is 2.68 bits per heavy atom. The van der Waals surface area contributed by atoms with Crippen LogP contribution >= 0.6 is 0 Å². The number of rotatable bonds is 7. The Balaban J connectivity index is 1.09. The maximum absolute atomic E-state index is 13.6. The molecule has 230 valence electrons. The largest absolute Gasteiger partial charge is 0.433 e. The third-order valence-corrected chi connectivity index (χ3v) is 8.13. The van der Waals surface area contributed by atoms with Crippen molar-refractivity contribution in [2.24, 2.45) is 0 Å². The summed E-state index contributed by atoms with van der Waals surface area (Å²) in [6.07, 6.45) is 2.34. The van der Waals surface area contributed by atoms with Crippen molar-refractivity contribution in [3.8, 4) is 0 Å². The van der Waals surface area contributed by atoms with E-state index in [1.807, 2.05) is 60.7 Å². The number of carbonyl (C=O) groups excluding carboxylic acids is 4. The zero-order valence-corrected chi connectivity index (χ0v) is 24.2. The van der Waals surface area contributed by atoms with Crippen molar-refractivity contribution in [2.45, 2.75) is 63.1 Å². The van der Waals surface area contributed by atoms with Gasteiger partial charge in [0.1, 0.15) is 24.5 Å². The molecule has 3 aromatic rings. The van der Waals surface area contributed by atoms with Crippen LogP contribution in [0.25, 0.3) is 10.8 Å². The lowest BCUT2D eigenvalue weighted by molar-refractivity contribution is -0.182. The van der Waals surface area contributed by atoms with Crippen LogP contribution in [0.15, 0.2) is 66.9 Å². The van der Waals surface area contributed by atoms with Crippen LogP contribution in [-0.2, 0) is 35.2 Å². The van der Waals surface area contributed by atoms with Crippen LogP contribution in [0.3, 0.4) is 0 Å². The lowest BCUT2D eigenvalue weighted by Gasteiger charge is -2.43. The standard InChI is InChI=1S/C32H35N5O7/c38-27-13-12-23(34-31(41)29-24-10-5-4-9-22(24)14-15-33-29)19-42-20-37-26(11-6-16-36(27)37)30(40)35-25-17-28(39)44-32(25)43-18-21-7-2-1-3-8-21/h1-5,7-10,14-15,23,25-26,32H,6,11-13,16-20H2,(H,34,41)(H,35,40)/t23-,25-,26-,32+/m0/s1. The summed E-state index contributed by atoms with van der Waals surface area (Å²) < 4.78 is 17.2. The van der Waals surface area contributed by atoms with Crippen molar-refractivity contribution in [1.29, 1.82) is 0 Å².